The van der Waals surface area contributed by atoms with Crippen molar-refractivity contribution >= 4 is 12.0 Å². The molecule has 0 spiro atoms. The fraction of sp³-hybridized carbons (Fsp3) is 0.769. The Morgan fingerprint density at radius 3 is 2.58 bits per heavy atom. The summed E-state index contributed by atoms with van der Waals surface area (Å²) in [4.78, 5) is 24.7. The van der Waals surface area contributed by atoms with Crippen molar-refractivity contribution in [3.8, 4) is 6.07 Å². The van der Waals surface area contributed by atoms with E-state index in [1.807, 2.05) is 0 Å². The summed E-state index contributed by atoms with van der Waals surface area (Å²) in [6, 6.07) is 2.13. The van der Waals surface area contributed by atoms with Gasteiger partial charge in [0.25, 0.3) is 0 Å². The molecule has 6 heteroatoms. The van der Waals surface area contributed by atoms with E-state index in [0.29, 0.717) is 25.8 Å². The van der Waals surface area contributed by atoms with Gasteiger partial charge in [-0.1, -0.05) is 0 Å². The highest BCUT2D eigenvalue weighted by Crippen LogP contribution is 2.29. The summed E-state index contributed by atoms with van der Waals surface area (Å²) in [5.41, 5.74) is 0. The van der Waals surface area contributed by atoms with Gasteiger partial charge in [0.1, 0.15) is 0 Å². The summed E-state index contributed by atoms with van der Waals surface area (Å²) in [5, 5.41) is 20.4. The molecule has 2 N–H and O–H groups in total. The number of carboxylic acid groups (broad SMARTS) is 1. The third-order valence-corrected chi connectivity index (χ3v) is 3.82. The highest BCUT2D eigenvalue weighted by molar-refractivity contribution is 5.76. The molecule has 2 fully saturated rings. The van der Waals surface area contributed by atoms with Crippen molar-refractivity contribution in [3.63, 3.8) is 0 Å². The first-order valence-electron chi connectivity index (χ1n) is 6.78. The lowest BCUT2D eigenvalue weighted by atomic mass is 10.1. The number of hydrogen-bond donors (Lipinski definition) is 2. The van der Waals surface area contributed by atoms with Gasteiger partial charge in [-0.3, -0.25) is 4.79 Å². The minimum Gasteiger partial charge on any atom is -0.481 e. The molecule has 0 aliphatic heterocycles. The number of hydrogen-bond acceptors (Lipinski definition) is 3. The zero-order valence-electron chi connectivity index (χ0n) is 10.8. The molecule has 2 unspecified atom stereocenters. The lowest BCUT2D eigenvalue weighted by molar-refractivity contribution is -0.141. The summed E-state index contributed by atoms with van der Waals surface area (Å²) >= 11 is 0. The normalized spacial score (nSPS) is 25.6. The Kier molecular flexibility index (Phi) is 4.25. The number of nitrogens with zero attached hydrogens (tertiary/aromatic N) is 2. The van der Waals surface area contributed by atoms with Crippen molar-refractivity contribution in [1.82, 2.24) is 10.2 Å². The molecule has 0 radical (unpaired) electrons. The molecule has 0 bridgehead atoms. The zero-order valence-corrected chi connectivity index (χ0v) is 10.8. The third kappa shape index (κ3) is 3.60. The first kappa shape index (κ1) is 13.7. The average Bonchev–Trinajstić information content (AvgIpc) is 3.09. The Labute approximate surface area is 112 Å². The van der Waals surface area contributed by atoms with E-state index in [1.54, 1.807) is 4.90 Å². The fourth-order valence-electron chi connectivity index (χ4n) is 2.60. The maximum absolute atomic E-state index is 12.1. The van der Waals surface area contributed by atoms with Crippen LogP contribution < -0.4 is 5.32 Å². The van der Waals surface area contributed by atoms with Crippen LogP contribution >= 0.6 is 0 Å². The molecule has 6 nitrogen and oxygen atoms in total. The van der Waals surface area contributed by atoms with Crippen molar-refractivity contribution in [1.29, 1.82) is 5.26 Å². The molecule has 104 valence electrons. The van der Waals surface area contributed by atoms with E-state index >= 15 is 0 Å². The molecule has 19 heavy (non-hydrogen) atoms. The van der Waals surface area contributed by atoms with Crippen molar-refractivity contribution in [2.24, 2.45) is 5.92 Å². The average molecular weight is 265 g/mol. The summed E-state index contributed by atoms with van der Waals surface area (Å²) < 4.78 is 0. The number of carboxylic acids is 1. The van der Waals surface area contributed by atoms with E-state index in [4.69, 9.17) is 10.4 Å². The molecule has 2 amide bonds. The smallest absolute Gasteiger partial charge is 0.317 e. The van der Waals surface area contributed by atoms with Gasteiger partial charge < -0.3 is 15.3 Å². The second-order valence-electron chi connectivity index (χ2n) is 5.33. The fourth-order valence-corrected chi connectivity index (χ4v) is 2.60. The van der Waals surface area contributed by atoms with Gasteiger partial charge in [-0.05, 0) is 32.1 Å². The number of nitriles is 1. The lowest BCUT2D eigenvalue weighted by Crippen LogP contribution is -2.45. The highest BCUT2D eigenvalue weighted by Gasteiger charge is 2.35. The lowest BCUT2D eigenvalue weighted by Gasteiger charge is -2.24. The number of nitrogens with one attached hydrogen (secondary N) is 1. The maximum atomic E-state index is 12.1. The van der Waals surface area contributed by atoms with Gasteiger partial charge in [0.15, 0.2) is 0 Å². The summed E-state index contributed by atoms with van der Waals surface area (Å²) in [6.07, 6.45) is 4.20. The van der Waals surface area contributed by atoms with Crippen molar-refractivity contribution in [3.05, 3.63) is 0 Å². The van der Waals surface area contributed by atoms with Crippen LogP contribution in [-0.4, -0.2) is 40.6 Å². The monoisotopic (exact) mass is 265 g/mol. The molecule has 2 aliphatic rings. The first-order chi connectivity index (χ1) is 9.11. The third-order valence-electron chi connectivity index (χ3n) is 3.82. The Morgan fingerprint density at radius 2 is 2.05 bits per heavy atom. The maximum Gasteiger partial charge on any atom is 0.317 e. The Balaban J connectivity index is 1.82. The number of rotatable bonds is 5. The summed E-state index contributed by atoms with van der Waals surface area (Å²) in [7, 11) is 0. The van der Waals surface area contributed by atoms with Crippen LogP contribution in [-0.2, 0) is 4.79 Å². The van der Waals surface area contributed by atoms with Gasteiger partial charge in [0.2, 0.25) is 0 Å². The van der Waals surface area contributed by atoms with Gasteiger partial charge in [0.05, 0.1) is 18.4 Å². The Morgan fingerprint density at radius 1 is 1.32 bits per heavy atom. The minimum atomic E-state index is -0.778. The van der Waals surface area contributed by atoms with E-state index in [9.17, 15) is 9.59 Å². The zero-order chi connectivity index (χ0) is 13.8. The number of aliphatic carboxylic acids is 1. The molecule has 0 aromatic carbocycles. The Bertz CT molecular complexity index is 400. The molecular formula is C13H19N3O3. The molecule has 2 atom stereocenters. The number of urea groups is 1. The van der Waals surface area contributed by atoms with Crippen LogP contribution in [0.5, 0.6) is 0 Å². The second-order valence-corrected chi connectivity index (χ2v) is 5.33. The van der Waals surface area contributed by atoms with E-state index in [-0.39, 0.29) is 24.0 Å². The number of carbonyl (C=O) groups excluding carboxylic acids is 1. The van der Waals surface area contributed by atoms with E-state index < -0.39 is 5.97 Å². The summed E-state index contributed by atoms with van der Waals surface area (Å²) in [5.74, 6) is -1.11. The van der Waals surface area contributed by atoms with E-state index in [2.05, 4.69) is 11.4 Å². The minimum absolute atomic E-state index is 0.0445. The SMILES string of the molecule is N#CCCN(C(=O)NC1CCC(C(=O)O)C1)C1CC1. The number of carbonyl (C=O) groups is 2. The van der Waals surface area contributed by atoms with Crippen LogP contribution in [0.2, 0.25) is 0 Å². The number of amides is 2. The van der Waals surface area contributed by atoms with Crippen molar-refractivity contribution < 1.29 is 14.7 Å². The Hall–Kier alpha value is -1.77. The van der Waals surface area contributed by atoms with Crippen LogP contribution in [0, 0.1) is 17.2 Å². The summed E-state index contributed by atoms with van der Waals surface area (Å²) in [6.45, 7) is 0.460. The van der Waals surface area contributed by atoms with Gasteiger partial charge in [0, 0.05) is 18.6 Å². The van der Waals surface area contributed by atoms with Crippen LogP contribution in [0.1, 0.15) is 38.5 Å². The van der Waals surface area contributed by atoms with Crippen LogP contribution in [0.25, 0.3) is 0 Å². The predicted octanol–water partition coefficient (Wildman–Crippen LogP) is 1.33. The molecule has 0 aromatic heterocycles. The quantitative estimate of drug-likeness (QED) is 0.784. The standard InChI is InChI=1S/C13H19N3O3/c14-6-1-7-16(11-4-5-11)13(19)15-10-3-2-9(8-10)12(17)18/h9-11H,1-5,7-8H2,(H,15,19)(H,17,18). The van der Waals surface area contributed by atoms with Gasteiger partial charge >= 0.3 is 12.0 Å². The van der Waals surface area contributed by atoms with Crippen molar-refractivity contribution in [2.45, 2.75) is 50.6 Å². The van der Waals surface area contributed by atoms with E-state index in [0.717, 1.165) is 19.3 Å². The topological polar surface area (TPSA) is 93.4 Å². The molecule has 2 saturated carbocycles. The molecule has 2 aliphatic carbocycles. The van der Waals surface area contributed by atoms with Gasteiger partial charge in [-0.2, -0.15) is 5.26 Å². The van der Waals surface area contributed by atoms with E-state index in [1.165, 1.54) is 0 Å². The first-order valence-corrected chi connectivity index (χ1v) is 6.78. The van der Waals surface area contributed by atoms with Gasteiger partial charge in [-0.15, -0.1) is 0 Å². The molecule has 0 heterocycles. The van der Waals surface area contributed by atoms with Gasteiger partial charge in [-0.25, -0.2) is 4.79 Å². The molecule has 2 rings (SSSR count). The predicted molar refractivity (Wildman–Crippen MR) is 67.3 cm³/mol. The van der Waals surface area contributed by atoms with Crippen LogP contribution in [0.3, 0.4) is 0 Å². The molecule has 0 saturated heterocycles. The molecule has 0 aromatic rings. The highest BCUT2D eigenvalue weighted by atomic mass is 16.4. The largest absolute Gasteiger partial charge is 0.481 e. The van der Waals surface area contributed by atoms with Crippen LogP contribution in [0.4, 0.5) is 4.79 Å². The van der Waals surface area contributed by atoms with Crippen molar-refractivity contribution in [2.75, 3.05) is 6.54 Å². The van der Waals surface area contributed by atoms with Crippen LogP contribution in [0.15, 0.2) is 0 Å². The second kappa shape index (κ2) is 5.91. The molecular weight excluding hydrogens is 246 g/mol.